The fourth-order valence-corrected chi connectivity index (χ4v) is 14.2. The molecular formula is C24H37AsSn. The van der Waals surface area contributed by atoms with Crippen molar-refractivity contribution in [2.24, 2.45) is 0 Å². The van der Waals surface area contributed by atoms with Gasteiger partial charge >= 0.3 is 177 Å². The average Bonchev–Trinajstić information content (AvgIpc) is 2.69. The summed E-state index contributed by atoms with van der Waals surface area (Å²) in [7, 11) is 0. The van der Waals surface area contributed by atoms with E-state index >= 15 is 0 Å². The molecule has 142 valence electrons. The summed E-state index contributed by atoms with van der Waals surface area (Å²) in [5.41, 5.74) is 0. The first kappa shape index (κ1) is 23.8. The third kappa shape index (κ3) is 12.2. The van der Waals surface area contributed by atoms with E-state index in [9.17, 15) is 0 Å². The van der Waals surface area contributed by atoms with Crippen LogP contribution in [-0.4, -0.2) is 35.5 Å². The second-order valence-corrected chi connectivity index (χ2v) is 18.0. The van der Waals surface area contributed by atoms with Crippen molar-refractivity contribution < 1.29 is 0 Å². The van der Waals surface area contributed by atoms with Gasteiger partial charge in [-0.1, -0.05) is 0 Å². The van der Waals surface area contributed by atoms with Crippen LogP contribution in [0.4, 0.5) is 0 Å². The first-order chi connectivity index (χ1) is 12.8. The molecule has 2 aromatic carbocycles. The van der Waals surface area contributed by atoms with Gasteiger partial charge in [0.15, 0.2) is 0 Å². The van der Waals surface area contributed by atoms with Gasteiger partial charge in [0.1, 0.15) is 0 Å². The monoisotopic (exact) mass is 520 g/mol. The quantitative estimate of drug-likeness (QED) is 0.310. The molecule has 0 spiro atoms. The molecule has 0 heterocycles. The van der Waals surface area contributed by atoms with E-state index in [1.807, 2.05) is 0 Å². The summed E-state index contributed by atoms with van der Waals surface area (Å²) < 4.78 is 7.96. The summed E-state index contributed by atoms with van der Waals surface area (Å²) in [6.07, 6.45) is 8.85. The first-order valence-corrected chi connectivity index (χ1v) is 18.4. The van der Waals surface area contributed by atoms with Crippen LogP contribution in [0.1, 0.15) is 59.3 Å². The van der Waals surface area contributed by atoms with E-state index in [4.69, 9.17) is 0 Å². The molecule has 0 fully saturated rings. The van der Waals surface area contributed by atoms with Crippen LogP contribution in [0.3, 0.4) is 0 Å². The van der Waals surface area contributed by atoms with E-state index in [0.29, 0.717) is 0 Å². The third-order valence-electron chi connectivity index (χ3n) is 4.42. The molecule has 0 amide bonds. The first-order valence-electron chi connectivity index (χ1n) is 10.5. The van der Waals surface area contributed by atoms with Crippen LogP contribution < -0.4 is 8.70 Å². The molecule has 2 rings (SSSR count). The number of benzene rings is 2. The van der Waals surface area contributed by atoms with E-state index in [-0.39, 0.29) is 15.8 Å². The second kappa shape index (κ2) is 16.9. The van der Waals surface area contributed by atoms with Crippen molar-refractivity contribution >= 4 is 44.2 Å². The van der Waals surface area contributed by atoms with Gasteiger partial charge in [0.2, 0.25) is 0 Å². The van der Waals surface area contributed by atoms with Crippen LogP contribution in [0.25, 0.3) is 0 Å². The topological polar surface area (TPSA) is 0 Å². The van der Waals surface area contributed by atoms with Gasteiger partial charge in [-0.2, -0.15) is 0 Å². The van der Waals surface area contributed by atoms with Crippen molar-refractivity contribution in [3.05, 3.63) is 60.7 Å². The minimum absolute atomic E-state index is 0.177. The number of hydrogen-bond acceptors (Lipinski definition) is 0. The minimum atomic E-state index is -0.839. The molecule has 2 aromatic rings. The van der Waals surface area contributed by atoms with Crippen molar-refractivity contribution in [1.82, 2.24) is 0 Å². The van der Waals surface area contributed by atoms with Crippen molar-refractivity contribution in [1.29, 1.82) is 0 Å². The number of unbranched alkanes of at least 4 members (excludes halogenated alkanes) is 3. The maximum absolute atomic E-state index is 2.33. The Morgan fingerprint density at radius 1 is 0.577 bits per heavy atom. The molecule has 0 saturated heterocycles. The second-order valence-electron chi connectivity index (χ2n) is 6.84. The molecule has 0 aliphatic heterocycles. The van der Waals surface area contributed by atoms with Crippen molar-refractivity contribution in [3.63, 3.8) is 0 Å². The van der Waals surface area contributed by atoms with Crippen LogP contribution in [0.5, 0.6) is 0 Å². The normalized spacial score (nSPS) is 10.5. The third-order valence-corrected chi connectivity index (χ3v) is 15.8. The van der Waals surface area contributed by atoms with Crippen molar-refractivity contribution in [2.75, 3.05) is 0 Å². The molecule has 0 saturated carbocycles. The average molecular weight is 519 g/mol. The van der Waals surface area contributed by atoms with Gasteiger partial charge in [-0.3, -0.25) is 0 Å². The van der Waals surface area contributed by atoms with Gasteiger partial charge in [-0.05, 0) is 0 Å². The van der Waals surface area contributed by atoms with E-state index in [0.717, 1.165) is 0 Å². The Morgan fingerprint density at radius 2 is 0.923 bits per heavy atom. The van der Waals surface area contributed by atoms with Gasteiger partial charge < -0.3 is 0 Å². The van der Waals surface area contributed by atoms with Gasteiger partial charge in [0.25, 0.3) is 0 Å². The fraction of sp³-hybridized carbons (Fsp3) is 0.500. The van der Waals surface area contributed by atoms with E-state index in [2.05, 4.69) is 81.4 Å². The standard InChI is InChI=1S/C12H10As.3C4H9.Sn/c1-3-7-11(8-4-1)13-12-9-5-2-6-10-12;3*1-3-4-2;/h1-10H;3*1,3-4H2,2H3;. The summed E-state index contributed by atoms with van der Waals surface area (Å²) in [5, 5.41) is 0. The summed E-state index contributed by atoms with van der Waals surface area (Å²) in [4.78, 5) is 0. The van der Waals surface area contributed by atoms with Crippen molar-refractivity contribution in [2.45, 2.75) is 72.6 Å². The Balaban J connectivity index is 0.000000260. The Bertz CT molecular complexity index is 470. The molecule has 2 radical (unpaired) electrons. The molecule has 0 aliphatic carbocycles. The van der Waals surface area contributed by atoms with E-state index < -0.39 is 19.8 Å². The van der Waals surface area contributed by atoms with Crippen LogP contribution in [0.15, 0.2) is 60.7 Å². The van der Waals surface area contributed by atoms with Gasteiger partial charge in [0, 0.05) is 0 Å². The van der Waals surface area contributed by atoms with Crippen LogP contribution in [-0.2, 0) is 0 Å². The predicted octanol–water partition coefficient (Wildman–Crippen LogP) is 6.22. The Hall–Kier alpha value is -0.203. The molecule has 0 unspecified atom stereocenters. The molecule has 0 bridgehead atoms. The molecule has 0 N–H and O–H groups in total. The Labute approximate surface area is 176 Å². The zero-order valence-electron chi connectivity index (χ0n) is 17.1. The Morgan fingerprint density at radius 3 is 1.23 bits per heavy atom. The molecule has 0 nitrogen and oxygen atoms in total. The molecule has 0 aliphatic rings. The van der Waals surface area contributed by atoms with E-state index in [1.54, 1.807) is 13.3 Å². The molecule has 26 heavy (non-hydrogen) atoms. The molecule has 0 atom stereocenters. The van der Waals surface area contributed by atoms with Crippen LogP contribution in [0, 0.1) is 0 Å². The zero-order valence-corrected chi connectivity index (χ0v) is 21.8. The molecule has 2 heteroatoms. The zero-order chi connectivity index (χ0) is 18.9. The summed E-state index contributed by atoms with van der Waals surface area (Å²) in [6.45, 7) is 7.00. The summed E-state index contributed by atoms with van der Waals surface area (Å²) in [5.74, 6) is 0. The van der Waals surface area contributed by atoms with Crippen LogP contribution in [0.2, 0.25) is 13.3 Å². The fourth-order valence-electron chi connectivity index (χ4n) is 2.81. The maximum atomic E-state index is 2.33. The molecule has 0 aromatic heterocycles. The van der Waals surface area contributed by atoms with Gasteiger partial charge in [0.05, 0.1) is 0 Å². The summed E-state index contributed by atoms with van der Waals surface area (Å²) in [6, 6.07) is 21.4. The van der Waals surface area contributed by atoms with Gasteiger partial charge in [-0.25, -0.2) is 0 Å². The van der Waals surface area contributed by atoms with E-state index in [1.165, 1.54) is 47.2 Å². The summed E-state index contributed by atoms with van der Waals surface area (Å²) >= 11 is -0.663. The predicted molar refractivity (Wildman–Crippen MR) is 123 cm³/mol. The number of rotatable bonds is 11. The molecular weight excluding hydrogens is 482 g/mol. The van der Waals surface area contributed by atoms with Gasteiger partial charge in [-0.15, -0.1) is 0 Å². The Kier molecular flexibility index (Phi) is 15.5. The number of hydrogen-bond donors (Lipinski definition) is 0. The SMILES string of the molecule is CCC[CH2][Sn]([CH2]CCC)[CH2]CCC.c1ccc([As]c2ccccc2)cc1. The van der Waals surface area contributed by atoms with Crippen LogP contribution >= 0.6 is 0 Å². The van der Waals surface area contributed by atoms with Crippen molar-refractivity contribution in [3.8, 4) is 0 Å².